The quantitative estimate of drug-likeness (QED) is 0.623. The van der Waals surface area contributed by atoms with Crippen molar-refractivity contribution in [3.05, 3.63) is 74.7 Å². The number of amides is 1. The normalized spacial score (nSPS) is 11.4. The van der Waals surface area contributed by atoms with Crippen LogP contribution >= 0.6 is 34.5 Å². The second-order valence-electron chi connectivity index (χ2n) is 5.77. The number of sulfone groups is 1. The van der Waals surface area contributed by atoms with Gasteiger partial charge in [-0.15, -0.1) is 11.3 Å². The molecule has 5 nitrogen and oxygen atoms in total. The van der Waals surface area contributed by atoms with Crippen molar-refractivity contribution in [2.75, 3.05) is 11.6 Å². The lowest BCUT2D eigenvalue weighted by Crippen LogP contribution is -2.15. The predicted octanol–water partition coefficient (Wildman–Crippen LogP) is 4.70. The van der Waals surface area contributed by atoms with E-state index in [2.05, 4.69) is 10.3 Å². The number of aromatic nitrogens is 1. The SMILES string of the molecule is CS(=O)(=O)c1ccccc1C(=O)Nc1ncc(Cc2cc(Cl)ccc2Cl)s1. The number of nitrogens with one attached hydrogen (secondary N) is 1. The molecule has 0 aliphatic heterocycles. The molecule has 1 heterocycles. The Hall–Kier alpha value is -1.93. The topological polar surface area (TPSA) is 76.1 Å². The van der Waals surface area contributed by atoms with Crippen molar-refractivity contribution < 1.29 is 13.2 Å². The van der Waals surface area contributed by atoms with E-state index in [9.17, 15) is 13.2 Å². The average molecular weight is 441 g/mol. The van der Waals surface area contributed by atoms with Gasteiger partial charge in [0.25, 0.3) is 5.91 Å². The summed E-state index contributed by atoms with van der Waals surface area (Å²) in [5.74, 6) is -0.530. The summed E-state index contributed by atoms with van der Waals surface area (Å²) < 4.78 is 23.7. The maximum Gasteiger partial charge on any atom is 0.258 e. The van der Waals surface area contributed by atoms with Crippen molar-refractivity contribution >= 4 is 55.4 Å². The summed E-state index contributed by atoms with van der Waals surface area (Å²) in [6.07, 6.45) is 3.22. The van der Waals surface area contributed by atoms with Crippen molar-refractivity contribution in [3.8, 4) is 0 Å². The van der Waals surface area contributed by atoms with Gasteiger partial charge in [0.05, 0.1) is 10.5 Å². The second kappa shape index (κ2) is 7.98. The van der Waals surface area contributed by atoms with E-state index in [1.165, 1.54) is 23.5 Å². The third kappa shape index (κ3) is 4.87. The van der Waals surface area contributed by atoms with Crippen LogP contribution in [-0.4, -0.2) is 25.6 Å². The van der Waals surface area contributed by atoms with Crippen LogP contribution in [0, 0.1) is 0 Å². The van der Waals surface area contributed by atoms with E-state index >= 15 is 0 Å². The van der Waals surface area contributed by atoms with Crippen LogP contribution in [0.2, 0.25) is 10.0 Å². The molecule has 2 aromatic carbocycles. The number of carbonyl (C=O) groups excluding carboxylic acids is 1. The van der Waals surface area contributed by atoms with Gasteiger partial charge in [-0.2, -0.15) is 0 Å². The van der Waals surface area contributed by atoms with Gasteiger partial charge < -0.3 is 0 Å². The highest BCUT2D eigenvalue weighted by molar-refractivity contribution is 7.90. The van der Waals surface area contributed by atoms with Crippen LogP contribution in [0.3, 0.4) is 0 Å². The lowest BCUT2D eigenvalue weighted by molar-refractivity contribution is 0.102. The van der Waals surface area contributed by atoms with Gasteiger partial charge in [-0.3, -0.25) is 10.1 Å². The first-order chi connectivity index (χ1) is 12.7. The van der Waals surface area contributed by atoms with E-state index in [4.69, 9.17) is 23.2 Å². The van der Waals surface area contributed by atoms with Crippen LogP contribution in [0.5, 0.6) is 0 Å². The lowest BCUT2D eigenvalue weighted by atomic mass is 10.1. The molecule has 0 aliphatic carbocycles. The minimum Gasteiger partial charge on any atom is -0.298 e. The van der Waals surface area contributed by atoms with E-state index in [-0.39, 0.29) is 10.5 Å². The third-order valence-electron chi connectivity index (χ3n) is 3.68. The van der Waals surface area contributed by atoms with Crippen molar-refractivity contribution in [1.82, 2.24) is 4.98 Å². The van der Waals surface area contributed by atoms with Gasteiger partial charge in [0.1, 0.15) is 0 Å². The number of nitrogens with zero attached hydrogens (tertiary/aromatic N) is 1. The summed E-state index contributed by atoms with van der Waals surface area (Å²) in [4.78, 5) is 17.5. The van der Waals surface area contributed by atoms with E-state index < -0.39 is 15.7 Å². The summed E-state index contributed by atoms with van der Waals surface area (Å²) in [5, 5.41) is 4.21. The molecular weight excluding hydrogens is 427 g/mol. The fourth-order valence-corrected chi connectivity index (χ4v) is 4.55. The maximum atomic E-state index is 12.5. The van der Waals surface area contributed by atoms with E-state index in [1.807, 2.05) is 0 Å². The predicted molar refractivity (Wildman–Crippen MR) is 109 cm³/mol. The third-order valence-corrected chi connectivity index (χ3v) is 6.35. The number of anilines is 1. The van der Waals surface area contributed by atoms with Crippen LogP contribution < -0.4 is 5.32 Å². The van der Waals surface area contributed by atoms with Crippen LogP contribution in [0.1, 0.15) is 20.8 Å². The Morgan fingerprint density at radius 2 is 1.93 bits per heavy atom. The molecule has 0 aliphatic rings. The first-order valence-corrected chi connectivity index (χ1v) is 11.2. The molecule has 0 saturated heterocycles. The molecule has 0 atom stereocenters. The lowest BCUT2D eigenvalue weighted by Gasteiger charge is -2.07. The van der Waals surface area contributed by atoms with E-state index in [0.717, 1.165) is 16.7 Å². The summed E-state index contributed by atoms with van der Waals surface area (Å²) >= 11 is 13.5. The molecule has 140 valence electrons. The minimum absolute atomic E-state index is 0.0232. The molecule has 1 aromatic heterocycles. The van der Waals surface area contributed by atoms with Crippen molar-refractivity contribution in [2.45, 2.75) is 11.3 Å². The highest BCUT2D eigenvalue weighted by Gasteiger charge is 2.19. The zero-order valence-corrected chi connectivity index (χ0v) is 17.2. The van der Waals surface area contributed by atoms with Gasteiger partial charge in [-0.05, 0) is 35.9 Å². The summed E-state index contributed by atoms with van der Waals surface area (Å²) in [5.41, 5.74) is 0.933. The Morgan fingerprint density at radius 3 is 2.67 bits per heavy atom. The molecule has 0 spiro atoms. The smallest absolute Gasteiger partial charge is 0.258 e. The molecule has 27 heavy (non-hydrogen) atoms. The van der Waals surface area contributed by atoms with Crippen LogP contribution in [0.15, 0.2) is 53.6 Å². The molecule has 9 heteroatoms. The highest BCUT2D eigenvalue weighted by Crippen LogP contribution is 2.27. The Morgan fingerprint density at radius 1 is 1.19 bits per heavy atom. The number of hydrogen-bond acceptors (Lipinski definition) is 5. The molecule has 0 radical (unpaired) electrons. The van der Waals surface area contributed by atoms with Gasteiger partial charge in [0.15, 0.2) is 15.0 Å². The van der Waals surface area contributed by atoms with Gasteiger partial charge in [0.2, 0.25) is 0 Å². The molecule has 0 bridgehead atoms. The molecule has 0 fully saturated rings. The minimum atomic E-state index is -3.52. The number of halogens is 2. The van der Waals surface area contributed by atoms with Crippen molar-refractivity contribution in [1.29, 1.82) is 0 Å². The first kappa shape index (κ1) is 19.8. The number of thiazole rings is 1. The number of hydrogen-bond donors (Lipinski definition) is 1. The second-order valence-corrected chi connectivity index (χ2v) is 9.71. The molecule has 0 saturated carbocycles. The number of benzene rings is 2. The fourth-order valence-electron chi connectivity index (χ4n) is 2.46. The number of rotatable bonds is 5. The molecule has 1 N–H and O–H groups in total. The largest absolute Gasteiger partial charge is 0.298 e. The van der Waals surface area contributed by atoms with Gasteiger partial charge in [0, 0.05) is 33.8 Å². The van der Waals surface area contributed by atoms with Gasteiger partial charge in [-0.25, -0.2) is 13.4 Å². The van der Waals surface area contributed by atoms with Crippen LogP contribution in [0.25, 0.3) is 0 Å². The highest BCUT2D eigenvalue weighted by atomic mass is 35.5. The van der Waals surface area contributed by atoms with Crippen LogP contribution in [0.4, 0.5) is 5.13 Å². The molecule has 3 rings (SSSR count). The average Bonchev–Trinajstić information content (AvgIpc) is 3.04. The monoisotopic (exact) mass is 440 g/mol. The first-order valence-electron chi connectivity index (χ1n) is 7.73. The Kier molecular flexibility index (Phi) is 5.86. The van der Waals surface area contributed by atoms with Crippen molar-refractivity contribution in [2.24, 2.45) is 0 Å². The maximum absolute atomic E-state index is 12.5. The van der Waals surface area contributed by atoms with E-state index in [0.29, 0.717) is 21.6 Å². The Labute approximate surface area is 170 Å². The molecule has 0 unspecified atom stereocenters. The molecule has 1 amide bonds. The number of carbonyl (C=O) groups is 1. The van der Waals surface area contributed by atoms with E-state index in [1.54, 1.807) is 36.5 Å². The van der Waals surface area contributed by atoms with Gasteiger partial charge >= 0.3 is 0 Å². The summed E-state index contributed by atoms with van der Waals surface area (Å²) in [6, 6.07) is 11.3. The molecular formula is C18H14Cl2N2O3S2. The summed E-state index contributed by atoms with van der Waals surface area (Å²) in [7, 11) is -3.52. The Balaban J connectivity index is 1.79. The summed E-state index contributed by atoms with van der Waals surface area (Å²) in [6.45, 7) is 0. The standard InChI is InChI=1S/C18H14Cl2N2O3S2/c1-27(24,25)16-5-3-2-4-14(16)17(23)22-18-21-10-13(26-18)9-11-8-12(19)6-7-15(11)20/h2-8,10H,9H2,1H3,(H,21,22,23). The zero-order chi connectivity index (χ0) is 19.6. The molecule has 3 aromatic rings. The van der Waals surface area contributed by atoms with Gasteiger partial charge in [-0.1, -0.05) is 35.3 Å². The Bertz CT molecular complexity index is 1110. The van der Waals surface area contributed by atoms with Crippen molar-refractivity contribution in [3.63, 3.8) is 0 Å². The fraction of sp³-hybridized carbons (Fsp3) is 0.111. The van der Waals surface area contributed by atoms with Crippen LogP contribution in [-0.2, 0) is 16.3 Å². The zero-order valence-electron chi connectivity index (χ0n) is 14.1.